The van der Waals surface area contributed by atoms with Crippen LogP contribution < -0.4 is 10.6 Å². The van der Waals surface area contributed by atoms with Crippen LogP contribution in [0.4, 0.5) is 8.78 Å². The molecule has 0 bridgehead atoms. The number of alkyl halides is 2. The first kappa shape index (κ1) is 8.89. The van der Waals surface area contributed by atoms with Gasteiger partial charge in [0.2, 0.25) is 11.8 Å². The molecule has 1 fully saturated rings. The molecule has 2 amide bonds. The Hall–Kier alpha value is -1.20. The Balaban J connectivity index is 2.74. The Labute approximate surface area is 67.3 Å². The SMILES string of the molecule is CC(F)(F)C1NC(=O)CNC1=O. The van der Waals surface area contributed by atoms with Gasteiger partial charge in [-0.25, -0.2) is 8.78 Å². The molecule has 0 aromatic rings. The molecule has 0 aromatic heterocycles. The van der Waals surface area contributed by atoms with E-state index >= 15 is 0 Å². The standard InChI is InChI=1S/C6H8F2N2O2/c1-6(7,8)4-5(12)9-2-3(11)10-4/h4H,2H2,1H3,(H,9,12)(H,10,11). The molecule has 1 aliphatic heterocycles. The van der Waals surface area contributed by atoms with Crippen LogP contribution >= 0.6 is 0 Å². The second-order valence-corrected chi connectivity index (χ2v) is 2.67. The third-order valence-electron chi connectivity index (χ3n) is 1.50. The van der Waals surface area contributed by atoms with E-state index in [1.54, 1.807) is 0 Å². The van der Waals surface area contributed by atoms with Gasteiger partial charge >= 0.3 is 0 Å². The Morgan fingerprint density at radius 1 is 1.50 bits per heavy atom. The van der Waals surface area contributed by atoms with E-state index < -0.39 is 23.8 Å². The van der Waals surface area contributed by atoms with Gasteiger partial charge < -0.3 is 10.6 Å². The summed E-state index contributed by atoms with van der Waals surface area (Å²) >= 11 is 0. The number of hydrogen-bond acceptors (Lipinski definition) is 2. The summed E-state index contributed by atoms with van der Waals surface area (Å²) in [5.74, 6) is -4.66. The summed E-state index contributed by atoms with van der Waals surface area (Å²) in [5, 5.41) is 3.96. The molecular weight excluding hydrogens is 170 g/mol. The first-order chi connectivity index (χ1) is 5.41. The van der Waals surface area contributed by atoms with Gasteiger partial charge in [0.1, 0.15) is 0 Å². The minimum Gasteiger partial charge on any atom is -0.345 e. The van der Waals surface area contributed by atoms with Crippen LogP contribution in [0.3, 0.4) is 0 Å². The molecule has 1 unspecified atom stereocenters. The minimum absolute atomic E-state index is 0.231. The molecule has 68 valence electrons. The van der Waals surface area contributed by atoms with Gasteiger partial charge in [0.25, 0.3) is 5.92 Å². The maximum absolute atomic E-state index is 12.6. The maximum Gasteiger partial charge on any atom is 0.274 e. The number of hydrogen-bond donors (Lipinski definition) is 2. The lowest BCUT2D eigenvalue weighted by Gasteiger charge is -2.27. The zero-order chi connectivity index (χ0) is 9.35. The van der Waals surface area contributed by atoms with Gasteiger partial charge in [0.15, 0.2) is 6.04 Å². The molecule has 1 aliphatic rings. The fourth-order valence-electron chi connectivity index (χ4n) is 0.904. The number of piperazine rings is 1. The molecule has 0 radical (unpaired) electrons. The summed E-state index contributed by atoms with van der Waals surface area (Å²) in [6.45, 7) is 0.355. The monoisotopic (exact) mass is 178 g/mol. The van der Waals surface area contributed by atoms with Gasteiger partial charge in [-0.15, -0.1) is 0 Å². The molecule has 1 saturated heterocycles. The first-order valence-electron chi connectivity index (χ1n) is 3.36. The zero-order valence-corrected chi connectivity index (χ0v) is 6.36. The van der Waals surface area contributed by atoms with Gasteiger partial charge in [-0.1, -0.05) is 0 Å². The van der Waals surface area contributed by atoms with Crippen LogP contribution in [0.15, 0.2) is 0 Å². The van der Waals surface area contributed by atoms with Gasteiger partial charge in [-0.2, -0.15) is 0 Å². The van der Waals surface area contributed by atoms with Crippen molar-refractivity contribution in [1.82, 2.24) is 10.6 Å². The topological polar surface area (TPSA) is 58.2 Å². The van der Waals surface area contributed by atoms with Crippen molar-refractivity contribution in [3.05, 3.63) is 0 Å². The van der Waals surface area contributed by atoms with Crippen molar-refractivity contribution in [3.63, 3.8) is 0 Å². The van der Waals surface area contributed by atoms with Crippen LogP contribution in [-0.4, -0.2) is 30.3 Å². The zero-order valence-electron chi connectivity index (χ0n) is 6.36. The van der Waals surface area contributed by atoms with E-state index in [4.69, 9.17) is 0 Å². The molecule has 1 atom stereocenters. The van der Waals surface area contributed by atoms with E-state index in [-0.39, 0.29) is 6.54 Å². The number of carbonyl (C=O) groups excluding carboxylic acids is 2. The minimum atomic E-state index is -3.22. The highest BCUT2D eigenvalue weighted by Gasteiger charge is 2.43. The van der Waals surface area contributed by atoms with Gasteiger partial charge in [0, 0.05) is 6.92 Å². The lowest BCUT2D eigenvalue weighted by molar-refractivity contribution is -0.143. The Morgan fingerprint density at radius 2 is 2.08 bits per heavy atom. The average Bonchev–Trinajstić information content (AvgIpc) is 1.92. The third-order valence-corrected chi connectivity index (χ3v) is 1.50. The summed E-state index contributed by atoms with van der Waals surface area (Å²) in [7, 11) is 0. The Bertz CT molecular complexity index is 224. The number of nitrogens with one attached hydrogen (secondary N) is 2. The smallest absolute Gasteiger partial charge is 0.274 e. The number of rotatable bonds is 1. The van der Waals surface area contributed by atoms with Crippen LogP contribution in [0.5, 0.6) is 0 Å². The van der Waals surface area contributed by atoms with E-state index in [0.29, 0.717) is 6.92 Å². The Morgan fingerprint density at radius 3 is 2.50 bits per heavy atom. The van der Waals surface area contributed by atoms with Crippen molar-refractivity contribution >= 4 is 11.8 Å². The van der Waals surface area contributed by atoms with Crippen molar-refractivity contribution < 1.29 is 18.4 Å². The number of amides is 2. The van der Waals surface area contributed by atoms with E-state index in [9.17, 15) is 18.4 Å². The van der Waals surface area contributed by atoms with Crippen molar-refractivity contribution in [2.45, 2.75) is 18.9 Å². The Kier molecular flexibility index (Phi) is 1.99. The van der Waals surface area contributed by atoms with E-state index in [0.717, 1.165) is 0 Å². The summed E-state index contributed by atoms with van der Waals surface area (Å²) in [6, 6.07) is -1.74. The predicted molar refractivity (Wildman–Crippen MR) is 35.6 cm³/mol. The van der Waals surface area contributed by atoms with Crippen LogP contribution in [-0.2, 0) is 9.59 Å². The van der Waals surface area contributed by atoms with Crippen LogP contribution in [0.1, 0.15) is 6.92 Å². The fourth-order valence-corrected chi connectivity index (χ4v) is 0.904. The van der Waals surface area contributed by atoms with Crippen LogP contribution in [0.25, 0.3) is 0 Å². The summed E-state index contributed by atoms with van der Waals surface area (Å²) < 4.78 is 25.1. The largest absolute Gasteiger partial charge is 0.345 e. The predicted octanol–water partition coefficient (Wildman–Crippen LogP) is -0.744. The molecule has 0 saturated carbocycles. The molecule has 1 rings (SSSR count). The van der Waals surface area contributed by atoms with Crippen LogP contribution in [0, 0.1) is 0 Å². The molecule has 6 heteroatoms. The highest BCUT2D eigenvalue weighted by atomic mass is 19.3. The molecule has 0 aromatic carbocycles. The van der Waals surface area contributed by atoms with Gasteiger partial charge in [-0.05, 0) is 0 Å². The lowest BCUT2D eigenvalue weighted by Crippen LogP contribution is -2.62. The fraction of sp³-hybridized carbons (Fsp3) is 0.667. The molecule has 2 N–H and O–H groups in total. The lowest BCUT2D eigenvalue weighted by atomic mass is 10.1. The highest BCUT2D eigenvalue weighted by Crippen LogP contribution is 2.18. The first-order valence-corrected chi connectivity index (χ1v) is 3.36. The quantitative estimate of drug-likeness (QED) is 0.555. The normalized spacial score (nSPS) is 24.8. The molecule has 4 nitrogen and oxygen atoms in total. The van der Waals surface area contributed by atoms with Crippen molar-refractivity contribution in [1.29, 1.82) is 0 Å². The molecule has 0 spiro atoms. The summed E-state index contributed by atoms with van der Waals surface area (Å²) in [6.07, 6.45) is 0. The van der Waals surface area contributed by atoms with E-state index in [2.05, 4.69) is 5.32 Å². The highest BCUT2D eigenvalue weighted by molar-refractivity contribution is 5.95. The number of halogens is 2. The summed E-state index contributed by atoms with van der Waals surface area (Å²) in [5.41, 5.74) is 0. The van der Waals surface area contributed by atoms with Crippen molar-refractivity contribution in [3.8, 4) is 0 Å². The van der Waals surface area contributed by atoms with Crippen molar-refractivity contribution in [2.75, 3.05) is 6.54 Å². The van der Waals surface area contributed by atoms with E-state index in [1.165, 1.54) is 0 Å². The molecule has 12 heavy (non-hydrogen) atoms. The van der Waals surface area contributed by atoms with Crippen molar-refractivity contribution in [2.24, 2.45) is 0 Å². The third kappa shape index (κ3) is 1.69. The second kappa shape index (κ2) is 2.69. The maximum atomic E-state index is 12.6. The summed E-state index contributed by atoms with van der Waals surface area (Å²) in [4.78, 5) is 21.4. The van der Waals surface area contributed by atoms with Gasteiger partial charge in [0.05, 0.1) is 6.54 Å². The van der Waals surface area contributed by atoms with Gasteiger partial charge in [-0.3, -0.25) is 9.59 Å². The molecular formula is C6H8F2N2O2. The molecule has 1 heterocycles. The average molecular weight is 178 g/mol. The van der Waals surface area contributed by atoms with Crippen LogP contribution in [0.2, 0.25) is 0 Å². The molecule has 0 aliphatic carbocycles. The number of carbonyl (C=O) groups is 2. The second-order valence-electron chi connectivity index (χ2n) is 2.67. The van der Waals surface area contributed by atoms with E-state index in [1.807, 2.05) is 5.32 Å².